The lowest BCUT2D eigenvalue weighted by Crippen LogP contribution is -2.18. The third-order valence-electron chi connectivity index (χ3n) is 5.19. The average molecular weight is 403 g/mol. The van der Waals surface area contributed by atoms with E-state index in [0.717, 1.165) is 16.7 Å². The molecule has 4 rings (SSSR count). The van der Waals surface area contributed by atoms with Gasteiger partial charge in [-0.3, -0.25) is 0 Å². The maximum atomic E-state index is 4.28. The zero-order chi connectivity index (χ0) is 20.7. The highest BCUT2D eigenvalue weighted by molar-refractivity contribution is 7.94. The van der Waals surface area contributed by atoms with Crippen molar-refractivity contribution in [2.75, 3.05) is 0 Å². The smallest absolute Gasteiger partial charge is 0.0727 e. The maximum Gasteiger partial charge on any atom is 0.136 e. The minimum atomic E-state index is -1.97. The first-order chi connectivity index (χ1) is 14.8. The van der Waals surface area contributed by atoms with E-state index in [2.05, 4.69) is 133 Å². The predicted molar refractivity (Wildman–Crippen MR) is 133 cm³/mol. The molecule has 0 spiro atoms. The van der Waals surface area contributed by atoms with Crippen molar-refractivity contribution in [3.05, 3.63) is 156 Å². The molecule has 0 nitrogen and oxygen atoms in total. The van der Waals surface area contributed by atoms with Crippen LogP contribution in [0.2, 0.25) is 0 Å². The Labute approximate surface area is 179 Å². The quantitative estimate of drug-likeness (QED) is 0.239. The summed E-state index contributed by atoms with van der Waals surface area (Å²) in [4.78, 5) is 0. The van der Waals surface area contributed by atoms with Crippen molar-refractivity contribution in [3.8, 4) is 0 Å². The topological polar surface area (TPSA) is 0 Å². The van der Waals surface area contributed by atoms with Crippen molar-refractivity contribution < 1.29 is 0 Å². The minimum absolute atomic E-state index is 1.09. The maximum absolute atomic E-state index is 4.28. The van der Waals surface area contributed by atoms with Gasteiger partial charge in [0.1, 0.15) is 23.7 Å². The lowest BCUT2D eigenvalue weighted by Gasteiger charge is -2.18. The van der Waals surface area contributed by atoms with Crippen LogP contribution < -0.4 is 10.6 Å². The van der Waals surface area contributed by atoms with E-state index in [-0.39, 0.29) is 0 Å². The molecule has 0 saturated carbocycles. The second-order valence-electron chi connectivity index (χ2n) is 7.01. The summed E-state index contributed by atoms with van der Waals surface area (Å²) in [6.07, 6.45) is 0. The van der Waals surface area contributed by atoms with Gasteiger partial charge >= 0.3 is 0 Å². The second kappa shape index (κ2) is 9.38. The molecule has 0 radical (unpaired) electrons. The SMILES string of the molecule is C=C[P+](C=C=C(c1ccccc1)c1ccccc1)(c1ccccc1)c1ccccc1. The Kier molecular flexibility index (Phi) is 6.21. The van der Waals surface area contributed by atoms with Gasteiger partial charge in [-0.1, -0.05) is 109 Å². The standard InChI is InChI=1S/C29H24P/c1-2-30(27-19-11-5-12-20-27,28-21-13-6-14-22-28)24-23-29(25-15-7-3-8-16-25)26-17-9-4-10-18-26/h2-22,24H,1H2/q+1. The zero-order valence-corrected chi connectivity index (χ0v) is 17.8. The molecule has 1 heteroatoms. The molecule has 0 amide bonds. The Morgan fingerprint density at radius 2 is 0.933 bits per heavy atom. The Bertz CT molecular complexity index is 1070. The van der Waals surface area contributed by atoms with E-state index in [1.165, 1.54) is 10.6 Å². The van der Waals surface area contributed by atoms with Crippen molar-refractivity contribution in [1.82, 2.24) is 0 Å². The van der Waals surface area contributed by atoms with Gasteiger partial charge in [0.25, 0.3) is 0 Å². The van der Waals surface area contributed by atoms with Gasteiger partial charge in [-0.15, -0.1) is 0 Å². The highest BCUT2D eigenvalue weighted by Gasteiger charge is 2.37. The fraction of sp³-hybridized carbons (Fsp3) is 0. The first-order valence-corrected chi connectivity index (χ1v) is 12.0. The third kappa shape index (κ3) is 4.12. The van der Waals surface area contributed by atoms with Crippen molar-refractivity contribution in [1.29, 1.82) is 0 Å². The zero-order valence-electron chi connectivity index (χ0n) is 16.9. The number of rotatable bonds is 6. The fourth-order valence-corrected chi connectivity index (χ4v) is 6.41. The molecule has 0 saturated heterocycles. The van der Waals surface area contributed by atoms with Gasteiger partial charge in [-0.2, -0.15) is 0 Å². The molecule has 0 atom stereocenters. The van der Waals surface area contributed by atoms with Gasteiger partial charge in [0.05, 0.1) is 5.82 Å². The van der Waals surface area contributed by atoms with Gasteiger partial charge in [0.15, 0.2) is 0 Å². The highest BCUT2D eigenvalue weighted by Crippen LogP contribution is 2.59. The Morgan fingerprint density at radius 1 is 0.567 bits per heavy atom. The molecule has 0 aliphatic heterocycles. The Hall–Kier alpha value is -3.43. The predicted octanol–water partition coefficient (Wildman–Crippen LogP) is 7.04. The van der Waals surface area contributed by atoms with Gasteiger partial charge in [-0.05, 0) is 35.4 Å². The summed E-state index contributed by atoms with van der Waals surface area (Å²) in [5.74, 6) is 4.39. The normalized spacial score (nSPS) is 10.7. The molecule has 0 bridgehead atoms. The molecule has 0 heterocycles. The number of benzene rings is 4. The summed E-state index contributed by atoms with van der Waals surface area (Å²) >= 11 is 0. The Morgan fingerprint density at radius 3 is 1.30 bits per heavy atom. The molecule has 4 aromatic carbocycles. The number of hydrogen-bond donors (Lipinski definition) is 0. The molecule has 4 aromatic rings. The van der Waals surface area contributed by atoms with E-state index < -0.39 is 7.26 Å². The summed E-state index contributed by atoms with van der Waals surface area (Å²) in [6, 6.07) is 42.3. The van der Waals surface area contributed by atoms with Crippen LogP contribution in [-0.4, -0.2) is 0 Å². The lowest BCUT2D eigenvalue weighted by molar-refractivity contribution is 1.55. The van der Waals surface area contributed by atoms with Crippen LogP contribution in [0.25, 0.3) is 5.57 Å². The van der Waals surface area contributed by atoms with Crippen LogP contribution >= 0.6 is 7.26 Å². The average Bonchev–Trinajstić information content (AvgIpc) is 2.84. The largest absolute Gasteiger partial charge is 0.136 e. The highest BCUT2D eigenvalue weighted by atomic mass is 31.2. The van der Waals surface area contributed by atoms with Crippen molar-refractivity contribution >= 4 is 23.4 Å². The van der Waals surface area contributed by atoms with Crippen LogP contribution in [-0.2, 0) is 0 Å². The van der Waals surface area contributed by atoms with E-state index in [0.29, 0.717) is 0 Å². The van der Waals surface area contributed by atoms with Crippen LogP contribution in [0.3, 0.4) is 0 Å². The molecule has 0 aliphatic rings. The van der Waals surface area contributed by atoms with E-state index in [1.807, 2.05) is 12.1 Å². The first kappa shape index (κ1) is 19.9. The molecular weight excluding hydrogens is 379 g/mol. The second-order valence-corrected chi connectivity index (χ2v) is 10.2. The van der Waals surface area contributed by atoms with Crippen LogP contribution in [0.5, 0.6) is 0 Å². The van der Waals surface area contributed by atoms with Crippen LogP contribution in [0.1, 0.15) is 11.1 Å². The van der Waals surface area contributed by atoms with Crippen LogP contribution in [0.15, 0.2) is 145 Å². The summed E-state index contributed by atoms with van der Waals surface area (Å²) < 4.78 is 0. The van der Waals surface area contributed by atoms with Crippen LogP contribution in [0, 0.1) is 0 Å². The van der Waals surface area contributed by atoms with E-state index >= 15 is 0 Å². The minimum Gasteiger partial charge on any atom is -0.0727 e. The molecule has 0 aliphatic carbocycles. The fourth-order valence-electron chi connectivity index (χ4n) is 3.62. The monoisotopic (exact) mass is 403 g/mol. The van der Waals surface area contributed by atoms with Gasteiger partial charge in [0, 0.05) is 5.57 Å². The van der Waals surface area contributed by atoms with Gasteiger partial charge in [0.2, 0.25) is 0 Å². The third-order valence-corrected chi connectivity index (χ3v) is 8.61. The summed E-state index contributed by atoms with van der Waals surface area (Å²) in [5, 5.41) is 2.55. The molecule has 144 valence electrons. The van der Waals surface area contributed by atoms with Gasteiger partial charge in [-0.25, -0.2) is 0 Å². The molecule has 30 heavy (non-hydrogen) atoms. The molecular formula is C29H24P+. The van der Waals surface area contributed by atoms with E-state index in [4.69, 9.17) is 0 Å². The summed E-state index contributed by atoms with van der Waals surface area (Å²) in [6.45, 7) is 4.28. The summed E-state index contributed by atoms with van der Waals surface area (Å²) in [7, 11) is -1.97. The van der Waals surface area contributed by atoms with Gasteiger partial charge < -0.3 is 0 Å². The van der Waals surface area contributed by atoms with Crippen molar-refractivity contribution in [3.63, 3.8) is 0 Å². The van der Waals surface area contributed by atoms with E-state index in [1.54, 1.807) is 0 Å². The Balaban J connectivity index is 1.99. The van der Waals surface area contributed by atoms with Crippen molar-refractivity contribution in [2.45, 2.75) is 0 Å². The van der Waals surface area contributed by atoms with Crippen LogP contribution in [0.4, 0.5) is 0 Å². The summed E-state index contributed by atoms with van der Waals surface area (Å²) in [5.41, 5.74) is 7.11. The molecule has 0 unspecified atom stereocenters. The lowest BCUT2D eigenvalue weighted by atomic mass is 9.99. The first-order valence-electron chi connectivity index (χ1n) is 10.1. The van der Waals surface area contributed by atoms with Crippen molar-refractivity contribution in [2.24, 2.45) is 0 Å². The molecule has 0 fully saturated rings. The number of hydrogen-bond acceptors (Lipinski definition) is 0. The molecule has 0 N–H and O–H groups in total. The van der Waals surface area contributed by atoms with E-state index in [9.17, 15) is 0 Å². The molecule has 0 aromatic heterocycles.